The zero-order valence-electron chi connectivity index (χ0n) is 25.8. The van der Waals surface area contributed by atoms with E-state index in [-0.39, 0.29) is 0 Å². The zero-order valence-corrected chi connectivity index (χ0v) is 26.6. The second kappa shape index (κ2) is 14.8. The SMILES string of the molecule is Cc1ccc(S(=O)(=O)NCC2CCC(CNc3nc(NCCCCNC(=O)OC(C)(C)C)c4ccccc4n3)CC2)cc1. The topological polar surface area (TPSA) is 134 Å². The number of anilines is 2. The Morgan fingerprint density at radius 1 is 0.884 bits per heavy atom. The van der Waals surface area contributed by atoms with Crippen molar-refractivity contribution in [1.29, 1.82) is 0 Å². The van der Waals surface area contributed by atoms with Gasteiger partial charge in [0.2, 0.25) is 16.0 Å². The minimum absolute atomic E-state index is 0.315. The molecule has 1 aromatic heterocycles. The Bertz CT molecular complexity index is 1450. The summed E-state index contributed by atoms with van der Waals surface area (Å²) < 4.78 is 33.4. The molecule has 43 heavy (non-hydrogen) atoms. The van der Waals surface area contributed by atoms with E-state index >= 15 is 0 Å². The molecular formula is C32H46N6O4S. The van der Waals surface area contributed by atoms with Crippen molar-refractivity contribution < 1.29 is 17.9 Å². The summed E-state index contributed by atoms with van der Waals surface area (Å²) in [5, 5.41) is 10.7. The number of nitrogens with one attached hydrogen (secondary N) is 4. The van der Waals surface area contributed by atoms with Gasteiger partial charge in [-0.3, -0.25) is 0 Å². The van der Waals surface area contributed by atoms with Crippen molar-refractivity contribution >= 4 is 38.8 Å². The smallest absolute Gasteiger partial charge is 0.407 e. The number of fused-ring (bicyclic) bond motifs is 1. The summed E-state index contributed by atoms with van der Waals surface area (Å²) in [5.74, 6) is 2.20. The molecule has 1 saturated carbocycles. The number of carbonyl (C=O) groups is 1. The maximum absolute atomic E-state index is 12.6. The maximum Gasteiger partial charge on any atom is 0.407 e. The van der Waals surface area contributed by atoms with Crippen LogP contribution in [0.4, 0.5) is 16.6 Å². The van der Waals surface area contributed by atoms with Crippen LogP contribution in [0.2, 0.25) is 0 Å². The Labute approximate surface area is 255 Å². The van der Waals surface area contributed by atoms with Gasteiger partial charge in [-0.1, -0.05) is 29.8 Å². The van der Waals surface area contributed by atoms with E-state index in [2.05, 4.69) is 20.7 Å². The highest BCUT2D eigenvalue weighted by Gasteiger charge is 2.24. The lowest BCUT2D eigenvalue weighted by molar-refractivity contribution is 0.0527. The fourth-order valence-electron chi connectivity index (χ4n) is 5.16. The molecule has 0 spiro atoms. The number of alkyl carbamates (subject to hydrolysis) is 1. The summed E-state index contributed by atoms with van der Waals surface area (Å²) in [4.78, 5) is 21.6. The highest BCUT2D eigenvalue weighted by Crippen LogP contribution is 2.29. The zero-order chi connectivity index (χ0) is 30.9. The monoisotopic (exact) mass is 610 g/mol. The molecule has 0 radical (unpaired) electrons. The third kappa shape index (κ3) is 10.4. The average Bonchev–Trinajstić information content (AvgIpc) is 2.96. The van der Waals surface area contributed by atoms with Crippen LogP contribution in [0.15, 0.2) is 53.4 Å². The van der Waals surface area contributed by atoms with Gasteiger partial charge in [-0.15, -0.1) is 0 Å². The van der Waals surface area contributed by atoms with Crippen LogP contribution in [-0.2, 0) is 14.8 Å². The predicted octanol–water partition coefficient (Wildman–Crippen LogP) is 5.85. The van der Waals surface area contributed by atoms with E-state index in [0.29, 0.717) is 42.3 Å². The molecule has 0 atom stereocenters. The molecule has 1 aliphatic carbocycles. The molecular weight excluding hydrogens is 564 g/mol. The molecule has 0 saturated heterocycles. The van der Waals surface area contributed by atoms with Crippen molar-refractivity contribution in [3.05, 3.63) is 54.1 Å². The molecule has 1 heterocycles. The van der Waals surface area contributed by atoms with E-state index < -0.39 is 21.7 Å². The molecule has 11 heteroatoms. The van der Waals surface area contributed by atoms with Gasteiger partial charge in [-0.25, -0.2) is 22.9 Å². The molecule has 3 aromatic rings. The molecule has 1 aliphatic rings. The second-order valence-electron chi connectivity index (χ2n) is 12.4. The Balaban J connectivity index is 1.21. The van der Waals surface area contributed by atoms with Crippen LogP contribution >= 0.6 is 0 Å². The fraction of sp³-hybridized carbons (Fsp3) is 0.531. The standard InChI is InChI=1S/C32H46N6O4S/c1-23-11-17-26(18-12-23)43(40,41)36-22-25-15-13-24(14-16-25)21-35-30-37-28-10-6-5-9-27(28)29(38-30)33-19-7-8-20-34-31(39)42-32(2,3)4/h5-6,9-12,17-18,24-25,36H,7-8,13-16,19-22H2,1-4H3,(H,34,39)(H2,33,35,37,38). The first-order valence-electron chi connectivity index (χ1n) is 15.3. The van der Waals surface area contributed by atoms with Crippen molar-refractivity contribution in [1.82, 2.24) is 20.0 Å². The predicted molar refractivity (Wildman–Crippen MR) is 172 cm³/mol. The van der Waals surface area contributed by atoms with Crippen LogP contribution in [-0.4, -0.2) is 56.3 Å². The van der Waals surface area contributed by atoms with Gasteiger partial charge in [0.05, 0.1) is 10.4 Å². The summed E-state index contributed by atoms with van der Waals surface area (Å²) in [6.45, 7) is 9.99. The molecule has 4 N–H and O–H groups in total. The summed E-state index contributed by atoms with van der Waals surface area (Å²) in [5.41, 5.74) is 1.41. The number of benzene rings is 2. The van der Waals surface area contributed by atoms with Gasteiger partial charge in [-0.05, 0) is 102 Å². The highest BCUT2D eigenvalue weighted by atomic mass is 32.2. The fourth-order valence-corrected chi connectivity index (χ4v) is 6.27. The molecule has 0 aliphatic heterocycles. The molecule has 10 nitrogen and oxygen atoms in total. The van der Waals surface area contributed by atoms with E-state index in [4.69, 9.17) is 14.7 Å². The number of hydrogen-bond donors (Lipinski definition) is 4. The van der Waals surface area contributed by atoms with Crippen LogP contribution in [0.25, 0.3) is 10.9 Å². The van der Waals surface area contributed by atoms with Crippen LogP contribution in [0.1, 0.15) is 64.9 Å². The Morgan fingerprint density at radius 2 is 1.53 bits per heavy atom. The number of amides is 1. The third-order valence-corrected chi connectivity index (χ3v) is 9.02. The van der Waals surface area contributed by atoms with Crippen molar-refractivity contribution in [2.75, 3.05) is 36.8 Å². The minimum atomic E-state index is -3.49. The Kier molecular flexibility index (Phi) is 11.2. The van der Waals surface area contributed by atoms with Gasteiger partial charge >= 0.3 is 6.09 Å². The number of unbranched alkanes of at least 4 members (excludes halogenated alkanes) is 1. The number of rotatable bonds is 13. The number of hydrogen-bond acceptors (Lipinski definition) is 8. The maximum atomic E-state index is 12.6. The number of nitrogens with zero attached hydrogens (tertiary/aromatic N) is 2. The first kappa shape index (κ1) is 32.5. The minimum Gasteiger partial charge on any atom is -0.444 e. The van der Waals surface area contributed by atoms with Crippen molar-refractivity contribution in [2.24, 2.45) is 11.8 Å². The van der Waals surface area contributed by atoms with Gasteiger partial charge in [0, 0.05) is 31.6 Å². The Morgan fingerprint density at radius 3 is 2.23 bits per heavy atom. The van der Waals surface area contributed by atoms with E-state index in [9.17, 15) is 13.2 Å². The first-order chi connectivity index (χ1) is 20.5. The van der Waals surface area contributed by atoms with Crippen molar-refractivity contribution in [3.63, 3.8) is 0 Å². The average molecular weight is 611 g/mol. The summed E-state index contributed by atoms with van der Waals surface area (Å²) >= 11 is 0. The number of ether oxygens (including phenoxy) is 1. The second-order valence-corrected chi connectivity index (χ2v) is 14.2. The van der Waals surface area contributed by atoms with E-state index in [1.807, 2.05) is 64.1 Å². The highest BCUT2D eigenvalue weighted by molar-refractivity contribution is 7.89. The molecule has 0 unspecified atom stereocenters. The van der Waals surface area contributed by atoms with Crippen LogP contribution < -0.4 is 20.7 Å². The van der Waals surface area contributed by atoms with E-state index in [1.54, 1.807) is 12.1 Å². The summed E-state index contributed by atoms with van der Waals surface area (Å²) in [7, 11) is -3.49. The van der Waals surface area contributed by atoms with Gasteiger partial charge < -0.3 is 20.7 Å². The molecule has 234 valence electrons. The van der Waals surface area contributed by atoms with Gasteiger partial charge in [0.15, 0.2) is 0 Å². The number of carbonyl (C=O) groups excluding carboxylic acids is 1. The molecule has 0 bridgehead atoms. The van der Waals surface area contributed by atoms with Crippen LogP contribution in [0.3, 0.4) is 0 Å². The van der Waals surface area contributed by atoms with E-state index in [0.717, 1.165) is 67.4 Å². The lowest BCUT2D eigenvalue weighted by atomic mass is 9.82. The molecule has 2 aromatic carbocycles. The van der Waals surface area contributed by atoms with Crippen LogP contribution in [0, 0.1) is 18.8 Å². The van der Waals surface area contributed by atoms with Gasteiger partial charge in [-0.2, -0.15) is 4.98 Å². The van der Waals surface area contributed by atoms with Crippen LogP contribution in [0.5, 0.6) is 0 Å². The number of para-hydroxylation sites is 1. The lowest BCUT2D eigenvalue weighted by Gasteiger charge is -2.28. The number of aromatic nitrogens is 2. The molecule has 1 amide bonds. The Hall–Kier alpha value is -3.44. The first-order valence-corrected chi connectivity index (χ1v) is 16.7. The number of aryl methyl sites for hydroxylation is 1. The van der Waals surface area contributed by atoms with Gasteiger partial charge in [0.1, 0.15) is 11.4 Å². The van der Waals surface area contributed by atoms with E-state index in [1.165, 1.54) is 0 Å². The van der Waals surface area contributed by atoms with Crippen molar-refractivity contribution in [2.45, 2.75) is 76.7 Å². The van der Waals surface area contributed by atoms with Crippen molar-refractivity contribution in [3.8, 4) is 0 Å². The lowest BCUT2D eigenvalue weighted by Crippen LogP contribution is -2.33. The quantitative estimate of drug-likeness (QED) is 0.177. The summed E-state index contributed by atoms with van der Waals surface area (Å²) in [6.07, 6.45) is 5.31. The molecule has 4 rings (SSSR count). The molecule has 1 fully saturated rings. The number of sulfonamides is 1. The normalized spacial score (nSPS) is 17.4. The van der Waals surface area contributed by atoms with Gasteiger partial charge in [0.25, 0.3) is 0 Å². The summed E-state index contributed by atoms with van der Waals surface area (Å²) in [6, 6.07) is 14.9. The third-order valence-electron chi connectivity index (χ3n) is 7.58. The largest absolute Gasteiger partial charge is 0.444 e.